The van der Waals surface area contributed by atoms with Gasteiger partial charge in [-0.25, -0.2) is 19.2 Å². The van der Waals surface area contributed by atoms with Crippen molar-refractivity contribution in [1.29, 1.82) is 0 Å². The van der Waals surface area contributed by atoms with Crippen LogP contribution in [0.3, 0.4) is 0 Å². The highest BCUT2D eigenvalue weighted by Gasteiger charge is 2.64. The number of esters is 1. The minimum Gasteiger partial charge on any atom is -0.468 e. The van der Waals surface area contributed by atoms with Gasteiger partial charge in [0.1, 0.15) is 5.54 Å². The molecular formula is C32H52Cl3N7O10. The van der Waals surface area contributed by atoms with Crippen LogP contribution in [0.1, 0.15) is 66.7 Å². The lowest BCUT2D eigenvalue weighted by molar-refractivity contribution is -0.151. The molecule has 1 aromatic rings. The summed E-state index contributed by atoms with van der Waals surface area (Å²) in [5.74, 6) is 0.0576. The summed E-state index contributed by atoms with van der Waals surface area (Å²) in [6.45, 7) is 12.1. The fourth-order valence-electron chi connectivity index (χ4n) is 5.23. The van der Waals surface area contributed by atoms with Crippen LogP contribution in [0, 0.1) is 17.3 Å². The third-order valence-electron chi connectivity index (χ3n) is 8.31. The number of nitrogens with zero attached hydrogens (tertiary/aromatic N) is 5. The number of primary amides is 1. The van der Waals surface area contributed by atoms with Crippen LogP contribution < -0.4 is 28.1 Å². The smallest absolute Gasteiger partial charge is 0.407 e. The van der Waals surface area contributed by atoms with Crippen LogP contribution in [0.2, 0.25) is 0 Å². The number of aliphatic hydroxyl groups excluding tert-OH is 1. The number of alkyl carbamates (subject to hydrolysis) is 1. The van der Waals surface area contributed by atoms with E-state index in [1.807, 2.05) is 0 Å². The number of carbonyl (C=O) groups excluding carboxylic acids is 4. The van der Waals surface area contributed by atoms with Crippen LogP contribution >= 0.6 is 35.3 Å². The van der Waals surface area contributed by atoms with Crippen molar-refractivity contribution in [3.63, 3.8) is 0 Å². The van der Waals surface area contributed by atoms with Crippen LogP contribution in [0.4, 0.5) is 4.79 Å². The van der Waals surface area contributed by atoms with Crippen LogP contribution in [-0.2, 0) is 23.9 Å². The standard InChI is InChI=1S/C9H16N2.C9H13NO3.C8H11NO3.C3Cl3N3O3.CH4O.2CH4/c1-2-5-9-10-6-4-8-11(9)7-3-1;1-4-7-5-9(7,6(2)11)10-8(12)13-3;1-3-5-4-8(5,6(9)10)7(11)12-2;4-7-1(10)8(5)3(12)9(6)2(7)11;1-2;;/h1-8H2;4,7H,1,5H2,2-3H3,(H,10,12);3,5H,1,4H2,2H3,(H2,9,10);;2H,1H3;2*1H4/t;7-,9+;5-,8+;;;;/m.00..../s1. The summed E-state index contributed by atoms with van der Waals surface area (Å²) < 4.78 is 9.17. The Morgan fingerprint density at radius 3 is 1.75 bits per heavy atom. The molecule has 2 amide bonds. The molecule has 2 saturated carbocycles. The molecule has 17 nitrogen and oxygen atoms in total. The third-order valence-corrected chi connectivity index (χ3v) is 9.18. The fourth-order valence-corrected chi connectivity index (χ4v) is 5.80. The number of amidine groups is 1. The maximum absolute atomic E-state index is 11.2. The first-order valence-electron chi connectivity index (χ1n) is 15.3. The van der Waals surface area contributed by atoms with Gasteiger partial charge in [0.2, 0.25) is 5.91 Å². The summed E-state index contributed by atoms with van der Waals surface area (Å²) >= 11 is 15.3. The van der Waals surface area contributed by atoms with Gasteiger partial charge in [-0.15, -0.1) is 25.4 Å². The highest BCUT2D eigenvalue weighted by atomic mass is 35.5. The summed E-state index contributed by atoms with van der Waals surface area (Å²) in [6.07, 6.45) is 10.4. The number of aliphatic imine (C=N–C) groups is 1. The van der Waals surface area contributed by atoms with E-state index in [4.69, 9.17) is 46.2 Å². The average molecular weight is 801 g/mol. The Hall–Kier alpha value is -3.93. The molecule has 0 bridgehead atoms. The molecule has 0 radical (unpaired) electrons. The Bertz CT molecular complexity index is 1520. The Labute approximate surface area is 318 Å². The average Bonchev–Trinajstić information content (AvgIpc) is 4.05. The first-order valence-corrected chi connectivity index (χ1v) is 16.3. The van der Waals surface area contributed by atoms with Gasteiger partial charge in [0.05, 0.1) is 20.1 Å². The molecule has 1 aromatic heterocycles. The van der Waals surface area contributed by atoms with Crippen molar-refractivity contribution in [3.8, 4) is 0 Å². The van der Waals surface area contributed by atoms with E-state index in [0.29, 0.717) is 12.8 Å². The van der Waals surface area contributed by atoms with E-state index in [0.717, 1.165) is 13.7 Å². The quantitative estimate of drug-likeness (QED) is 0.215. The number of ketones is 1. The van der Waals surface area contributed by atoms with E-state index in [1.165, 1.54) is 72.2 Å². The second kappa shape index (κ2) is 22.9. The molecule has 3 heterocycles. The zero-order valence-corrected chi connectivity index (χ0v) is 30.6. The molecule has 20 heteroatoms. The number of nitrogens with one attached hydrogen (secondary N) is 1. The Balaban J connectivity index is 0. The van der Waals surface area contributed by atoms with Crippen LogP contribution in [-0.4, -0.2) is 98.4 Å². The predicted octanol–water partition coefficient (Wildman–Crippen LogP) is 2.44. The maximum Gasteiger partial charge on any atom is 0.407 e. The Morgan fingerprint density at radius 2 is 1.37 bits per heavy atom. The molecule has 52 heavy (non-hydrogen) atoms. The molecule has 1 saturated heterocycles. The molecule has 5 rings (SSSR count). The zero-order valence-electron chi connectivity index (χ0n) is 28.4. The van der Waals surface area contributed by atoms with Gasteiger partial charge in [0.15, 0.2) is 11.2 Å². The summed E-state index contributed by atoms with van der Waals surface area (Å²) in [5, 5.41) is 9.54. The van der Waals surface area contributed by atoms with E-state index in [-0.39, 0.29) is 44.7 Å². The van der Waals surface area contributed by atoms with Crippen LogP contribution in [0.25, 0.3) is 0 Å². The second-order valence-electron chi connectivity index (χ2n) is 11.2. The highest BCUT2D eigenvalue weighted by molar-refractivity contribution is 6.19. The molecular weight excluding hydrogens is 749 g/mol. The van der Waals surface area contributed by atoms with Crippen molar-refractivity contribution in [2.75, 3.05) is 41.0 Å². The molecule has 4 N–H and O–H groups in total. The van der Waals surface area contributed by atoms with Gasteiger partial charge in [-0.05, 0) is 39.0 Å². The summed E-state index contributed by atoms with van der Waals surface area (Å²) in [7, 11) is 3.51. The molecule has 4 aliphatic rings. The topological polar surface area (TPSA) is 227 Å². The first-order chi connectivity index (χ1) is 23.6. The number of Topliss-reactive ketones (excluding diaryl/α,β-unsaturated/α-hetero) is 1. The van der Waals surface area contributed by atoms with Crippen LogP contribution in [0.15, 0.2) is 44.7 Å². The number of aliphatic hydroxyl groups is 1. The van der Waals surface area contributed by atoms with Gasteiger partial charge in [-0.1, -0.05) is 33.4 Å². The van der Waals surface area contributed by atoms with Crippen molar-refractivity contribution >= 4 is 64.9 Å². The van der Waals surface area contributed by atoms with Gasteiger partial charge in [0.25, 0.3) is 0 Å². The van der Waals surface area contributed by atoms with E-state index >= 15 is 0 Å². The number of hydrogen-bond donors (Lipinski definition) is 3. The van der Waals surface area contributed by atoms with Gasteiger partial charge in [-0.2, -0.15) is 0 Å². The van der Waals surface area contributed by atoms with Gasteiger partial charge in [0, 0.05) is 80.3 Å². The van der Waals surface area contributed by atoms with Crippen molar-refractivity contribution < 1.29 is 33.8 Å². The number of aromatic nitrogens is 3. The first kappa shape index (κ1) is 50.2. The number of amides is 2. The number of rotatable bonds is 6. The van der Waals surface area contributed by atoms with Crippen LogP contribution in [0.5, 0.6) is 0 Å². The second-order valence-corrected chi connectivity index (χ2v) is 12.2. The van der Waals surface area contributed by atoms with Crippen molar-refractivity contribution in [2.24, 2.45) is 28.0 Å². The third kappa shape index (κ3) is 12.1. The summed E-state index contributed by atoms with van der Waals surface area (Å²) in [5.41, 5.74) is -0.254. The molecule has 4 atom stereocenters. The minimum absolute atomic E-state index is 0. The fraction of sp³-hybridized carbons (Fsp3) is 0.625. The molecule has 2 aliphatic carbocycles. The molecule has 0 unspecified atom stereocenters. The van der Waals surface area contributed by atoms with E-state index in [1.54, 1.807) is 12.2 Å². The number of fused-ring (bicyclic) bond motifs is 1. The van der Waals surface area contributed by atoms with Gasteiger partial charge >= 0.3 is 29.1 Å². The van der Waals surface area contributed by atoms with E-state index in [2.05, 4.69) is 37.8 Å². The number of carbonyl (C=O) groups is 4. The molecule has 3 fully saturated rings. The summed E-state index contributed by atoms with van der Waals surface area (Å²) in [6, 6.07) is 0. The predicted molar refractivity (Wildman–Crippen MR) is 201 cm³/mol. The largest absolute Gasteiger partial charge is 0.468 e. The van der Waals surface area contributed by atoms with E-state index in [9.17, 15) is 33.6 Å². The molecule has 0 spiro atoms. The maximum atomic E-state index is 11.2. The van der Waals surface area contributed by atoms with Gasteiger partial charge < -0.3 is 30.5 Å². The zero-order chi connectivity index (χ0) is 38.4. The lowest BCUT2D eigenvalue weighted by Gasteiger charge is -2.27. The molecule has 0 aromatic carbocycles. The van der Waals surface area contributed by atoms with Crippen molar-refractivity contribution in [1.82, 2.24) is 22.5 Å². The number of nitrogens with two attached hydrogens (primary N) is 1. The lowest BCUT2D eigenvalue weighted by atomic mass is 10.0. The monoisotopic (exact) mass is 799 g/mol. The number of allylic oxidation sites excluding steroid dienone is 1. The van der Waals surface area contributed by atoms with Gasteiger partial charge in [-0.3, -0.25) is 19.4 Å². The number of halogens is 3. The lowest BCUT2D eigenvalue weighted by Crippen LogP contribution is -2.47. The minimum atomic E-state index is -1.16. The molecule has 296 valence electrons. The van der Waals surface area contributed by atoms with Crippen molar-refractivity contribution in [2.45, 2.75) is 72.3 Å². The SMILES string of the molecule is C.C.C1CCC2=NCCCN2CC1.C=C[C@H]1C[C@@]1(C(N)=O)C(=O)OC.C=C[C@H]1C[C@@]1(NC(=O)OC)C(C)=O.CO.O=c1n(Cl)c(=O)n(Cl)c(=O)n1Cl. The number of hydrogen-bond acceptors (Lipinski definition) is 12. The molecule has 2 aliphatic heterocycles. The number of ether oxygens (including phenoxy) is 2. The number of methoxy groups -OCH3 is 2. The normalized spacial score (nSPS) is 22.9. The Kier molecular flexibility index (Phi) is 22.1. The van der Waals surface area contributed by atoms with E-state index < -0.39 is 46.0 Å². The summed E-state index contributed by atoms with van der Waals surface area (Å²) in [4.78, 5) is 83.5. The van der Waals surface area contributed by atoms with Crippen molar-refractivity contribution in [3.05, 3.63) is 56.8 Å². The Morgan fingerprint density at radius 1 is 0.865 bits per heavy atom. The highest BCUT2D eigenvalue weighted by Crippen LogP contribution is 2.53.